The van der Waals surface area contributed by atoms with Crippen molar-refractivity contribution < 1.29 is 9.53 Å². The van der Waals surface area contributed by atoms with Crippen LogP contribution in [0, 0.1) is 0 Å². The highest BCUT2D eigenvalue weighted by Crippen LogP contribution is 2.25. The van der Waals surface area contributed by atoms with Gasteiger partial charge in [-0.05, 0) is 24.6 Å². The smallest absolute Gasteiger partial charge is 0.404 e. The molecule has 1 atom stereocenters. The predicted molar refractivity (Wildman–Crippen MR) is 60.3 cm³/mol. The molecule has 0 radical (unpaired) electrons. The number of carbonyl (C=O) groups excluding carboxylic acids is 1. The van der Waals surface area contributed by atoms with E-state index in [9.17, 15) is 4.79 Å². The average Bonchev–Trinajstić information content (AvgIpc) is 2.10. The molecule has 15 heavy (non-hydrogen) atoms. The van der Waals surface area contributed by atoms with E-state index < -0.39 is 6.09 Å². The van der Waals surface area contributed by atoms with Crippen molar-refractivity contribution in [2.24, 2.45) is 5.73 Å². The molecule has 1 rings (SSSR count). The lowest BCUT2D eigenvalue weighted by Gasteiger charge is -2.13. The molecule has 0 aliphatic carbocycles. The number of primary amides is 1. The highest BCUT2D eigenvalue weighted by atomic mass is 35.5. The summed E-state index contributed by atoms with van der Waals surface area (Å²) in [7, 11) is 0. The first kappa shape index (κ1) is 12.1. The minimum atomic E-state index is -0.800. The van der Waals surface area contributed by atoms with Gasteiger partial charge < -0.3 is 10.5 Å². The van der Waals surface area contributed by atoms with E-state index in [1.807, 2.05) is 0 Å². The zero-order chi connectivity index (χ0) is 11.4. The lowest BCUT2D eigenvalue weighted by Crippen LogP contribution is -2.22. The largest absolute Gasteiger partial charge is 0.446 e. The summed E-state index contributed by atoms with van der Waals surface area (Å²) in [6.45, 7) is 1.73. The van der Waals surface area contributed by atoms with E-state index >= 15 is 0 Å². The number of benzene rings is 1. The molecule has 0 aliphatic heterocycles. The van der Waals surface area contributed by atoms with E-state index in [0.717, 1.165) is 5.56 Å². The van der Waals surface area contributed by atoms with Gasteiger partial charge >= 0.3 is 6.09 Å². The molecule has 5 heteroatoms. The van der Waals surface area contributed by atoms with Gasteiger partial charge in [0.05, 0.1) is 0 Å². The molecule has 2 N–H and O–H groups in total. The Balaban J connectivity index is 2.76. The van der Waals surface area contributed by atoms with Crippen molar-refractivity contribution in [2.75, 3.05) is 0 Å². The van der Waals surface area contributed by atoms with Gasteiger partial charge in [-0.1, -0.05) is 29.3 Å². The van der Waals surface area contributed by atoms with Gasteiger partial charge in [-0.2, -0.15) is 0 Å². The third-order valence-corrected chi connectivity index (χ3v) is 2.58. The van der Waals surface area contributed by atoms with E-state index in [1.54, 1.807) is 25.1 Å². The molecule has 0 aromatic heterocycles. The topological polar surface area (TPSA) is 52.3 Å². The summed E-state index contributed by atoms with van der Waals surface area (Å²) in [6.07, 6.45) is -0.702. The highest BCUT2D eigenvalue weighted by molar-refractivity contribution is 6.35. The molecule has 1 amide bonds. The van der Waals surface area contributed by atoms with Crippen LogP contribution in [-0.2, 0) is 11.2 Å². The first-order valence-electron chi connectivity index (χ1n) is 4.39. The van der Waals surface area contributed by atoms with Gasteiger partial charge in [-0.15, -0.1) is 0 Å². The van der Waals surface area contributed by atoms with Gasteiger partial charge in [-0.25, -0.2) is 4.79 Å². The molecule has 82 valence electrons. The maximum atomic E-state index is 10.5. The summed E-state index contributed by atoms with van der Waals surface area (Å²) >= 11 is 11.9. The third-order valence-electron chi connectivity index (χ3n) is 1.87. The standard InChI is InChI=1S/C10H11Cl2NO2/c1-6(15-10(13)14)5-7-8(11)3-2-4-9(7)12/h2-4,6H,5H2,1H3,(H2,13,14). The summed E-state index contributed by atoms with van der Waals surface area (Å²) in [4.78, 5) is 10.5. The van der Waals surface area contributed by atoms with Crippen LogP contribution in [0.15, 0.2) is 18.2 Å². The fraction of sp³-hybridized carbons (Fsp3) is 0.300. The molecule has 0 saturated heterocycles. The van der Waals surface area contributed by atoms with Crippen LogP contribution in [0.25, 0.3) is 0 Å². The van der Waals surface area contributed by atoms with Gasteiger partial charge in [0.25, 0.3) is 0 Å². The molecule has 3 nitrogen and oxygen atoms in total. The second-order valence-electron chi connectivity index (χ2n) is 3.15. The Labute approximate surface area is 98.1 Å². The van der Waals surface area contributed by atoms with Crippen molar-refractivity contribution in [1.82, 2.24) is 0 Å². The molecule has 1 aromatic carbocycles. The second kappa shape index (κ2) is 5.24. The van der Waals surface area contributed by atoms with Gasteiger partial charge in [0.2, 0.25) is 0 Å². The molecule has 1 unspecified atom stereocenters. The monoisotopic (exact) mass is 247 g/mol. The first-order valence-corrected chi connectivity index (χ1v) is 5.15. The van der Waals surface area contributed by atoms with Crippen molar-refractivity contribution in [3.63, 3.8) is 0 Å². The number of rotatable bonds is 3. The van der Waals surface area contributed by atoms with E-state index in [1.165, 1.54) is 0 Å². The summed E-state index contributed by atoms with van der Waals surface area (Å²) < 4.78 is 4.79. The molecule has 0 fully saturated rings. The van der Waals surface area contributed by atoms with Gasteiger partial charge in [0.15, 0.2) is 0 Å². The van der Waals surface area contributed by atoms with Crippen molar-refractivity contribution >= 4 is 29.3 Å². The molecule has 0 bridgehead atoms. The quantitative estimate of drug-likeness (QED) is 0.893. The average molecular weight is 248 g/mol. The zero-order valence-corrected chi connectivity index (χ0v) is 9.68. The molecule has 0 saturated carbocycles. The Kier molecular flexibility index (Phi) is 4.24. The molecule has 1 aromatic rings. The van der Waals surface area contributed by atoms with E-state index in [0.29, 0.717) is 16.5 Å². The minimum Gasteiger partial charge on any atom is -0.446 e. The fourth-order valence-electron chi connectivity index (χ4n) is 1.25. The zero-order valence-electron chi connectivity index (χ0n) is 8.17. The number of hydrogen-bond donors (Lipinski definition) is 1. The van der Waals surface area contributed by atoms with Gasteiger partial charge in [-0.3, -0.25) is 0 Å². The van der Waals surface area contributed by atoms with Crippen molar-refractivity contribution in [3.05, 3.63) is 33.8 Å². The Bertz CT molecular complexity index is 348. The number of hydrogen-bond acceptors (Lipinski definition) is 2. The first-order chi connectivity index (χ1) is 7.00. The molecular weight excluding hydrogens is 237 g/mol. The van der Waals surface area contributed by atoms with Crippen LogP contribution < -0.4 is 5.73 Å². The molecule has 0 aliphatic rings. The molecule has 0 heterocycles. The predicted octanol–water partition coefficient (Wildman–Crippen LogP) is 3.02. The molecular formula is C10H11Cl2NO2. The van der Waals surface area contributed by atoms with E-state index in [-0.39, 0.29) is 6.10 Å². The van der Waals surface area contributed by atoms with Crippen molar-refractivity contribution in [2.45, 2.75) is 19.4 Å². The summed E-state index contributed by atoms with van der Waals surface area (Å²) in [5, 5.41) is 1.12. The maximum Gasteiger partial charge on any atom is 0.404 e. The van der Waals surface area contributed by atoms with Crippen LogP contribution in [0.4, 0.5) is 4.79 Å². The van der Waals surface area contributed by atoms with Crippen LogP contribution in [0.5, 0.6) is 0 Å². The number of nitrogens with two attached hydrogens (primary N) is 1. The third kappa shape index (κ3) is 3.61. The molecule has 0 spiro atoms. The van der Waals surface area contributed by atoms with Crippen LogP contribution in [0.1, 0.15) is 12.5 Å². The number of ether oxygens (including phenoxy) is 1. The van der Waals surface area contributed by atoms with Crippen molar-refractivity contribution in [1.29, 1.82) is 0 Å². The lowest BCUT2D eigenvalue weighted by atomic mass is 10.1. The highest BCUT2D eigenvalue weighted by Gasteiger charge is 2.12. The van der Waals surface area contributed by atoms with E-state index in [2.05, 4.69) is 0 Å². The van der Waals surface area contributed by atoms with E-state index in [4.69, 9.17) is 33.7 Å². The van der Waals surface area contributed by atoms with Crippen LogP contribution in [0.3, 0.4) is 0 Å². The summed E-state index contributed by atoms with van der Waals surface area (Å²) in [5.41, 5.74) is 5.65. The summed E-state index contributed by atoms with van der Waals surface area (Å²) in [6, 6.07) is 5.23. The van der Waals surface area contributed by atoms with Gasteiger partial charge in [0, 0.05) is 16.5 Å². The minimum absolute atomic E-state index is 0.347. The Morgan fingerprint density at radius 3 is 2.47 bits per heavy atom. The SMILES string of the molecule is CC(Cc1c(Cl)cccc1Cl)OC(N)=O. The summed E-state index contributed by atoms with van der Waals surface area (Å²) in [5.74, 6) is 0. The van der Waals surface area contributed by atoms with Gasteiger partial charge in [0.1, 0.15) is 6.10 Å². The fourth-order valence-corrected chi connectivity index (χ4v) is 1.81. The Morgan fingerprint density at radius 1 is 1.47 bits per heavy atom. The lowest BCUT2D eigenvalue weighted by molar-refractivity contribution is 0.116. The van der Waals surface area contributed by atoms with Crippen LogP contribution in [0.2, 0.25) is 10.0 Å². The van der Waals surface area contributed by atoms with Crippen LogP contribution >= 0.6 is 23.2 Å². The Morgan fingerprint density at radius 2 is 2.00 bits per heavy atom. The Hall–Kier alpha value is -0.930. The number of carbonyl (C=O) groups is 1. The van der Waals surface area contributed by atoms with Crippen LogP contribution in [-0.4, -0.2) is 12.2 Å². The van der Waals surface area contributed by atoms with Crippen molar-refractivity contribution in [3.8, 4) is 0 Å². The maximum absolute atomic E-state index is 10.5. The number of amides is 1. The second-order valence-corrected chi connectivity index (χ2v) is 3.97. The number of halogens is 2. The normalized spacial score (nSPS) is 12.2.